The van der Waals surface area contributed by atoms with Crippen molar-refractivity contribution < 1.29 is 18.4 Å². The Hall–Kier alpha value is -3.54. The van der Waals surface area contributed by atoms with Crippen molar-refractivity contribution in [1.82, 2.24) is 5.32 Å². The summed E-state index contributed by atoms with van der Waals surface area (Å²) in [6.07, 6.45) is 0.218. The van der Waals surface area contributed by atoms with Crippen molar-refractivity contribution in [3.05, 3.63) is 101 Å². The van der Waals surface area contributed by atoms with E-state index in [0.717, 1.165) is 22.4 Å². The normalized spacial score (nSPS) is 12.8. The Morgan fingerprint density at radius 1 is 0.897 bits per heavy atom. The molecule has 0 saturated heterocycles. The topological polar surface area (TPSA) is 49.4 Å². The maximum Gasteiger partial charge on any atom is 0.251 e. The maximum absolute atomic E-state index is 13.1. The number of amides is 2. The molecule has 2 amide bonds. The molecule has 0 atom stereocenters. The van der Waals surface area contributed by atoms with E-state index >= 15 is 0 Å². The molecule has 4 nitrogen and oxygen atoms in total. The van der Waals surface area contributed by atoms with E-state index in [1.807, 2.05) is 0 Å². The number of nitrogens with one attached hydrogen (secondary N) is 1. The standard InChI is InChI=1S/C23H18F2N2O2/c24-19-6-1-15(2-7-19)13-26-23(29)17-5-10-21-18(11-17)12-22(28)27(21)14-16-3-8-20(25)9-4-16/h1-11H,12-14H2,(H,26,29). The maximum atomic E-state index is 13.1. The van der Waals surface area contributed by atoms with Crippen molar-refractivity contribution in [2.24, 2.45) is 0 Å². The molecule has 0 fully saturated rings. The summed E-state index contributed by atoms with van der Waals surface area (Å²) in [5.41, 5.74) is 3.62. The summed E-state index contributed by atoms with van der Waals surface area (Å²) in [5, 5.41) is 2.80. The first-order chi connectivity index (χ1) is 14.0. The summed E-state index contributed by atoms with van der Waals surface area (Å²) in [7, 11) is 0. The van der Waals surface area contributed by atoms with Crippen LogP contribution < -0.4 is 10.2 Å². The predicted molar refractivity (Wildman–Crippen MR) is 105 cm³/mol. The second-order valence-corrected chi connectivity index (χ2v) is 6.94. The van der Waals surface area contributed by atoms with Crippen molar-refractivity contribution in [2.45, 2.75) is 19.5 Å². The molecule has 29 heavy (non-hydrogen) atoms. The molecule has 6 heteroatoms. The van der Waals surface area contributed by atoms with Gasteiger partial charge >= 0.3 is 0 Å². The van der Waals surface area contributed by atoms with Gasteiger partial charge in [-0.15, -0.1) is 0 Å². The minimum Gasteiger partial charge on any atom is -0.348 e. The van der Waals surface area contributed by atoms with Crippen molar-refractivity contribution >= 4 is 17.5 Å². The minimum absolute atomic E-state index is 0.0619. The SMILES string of the molecule is O=C(NCc1ccc(F)cc1)c1ccc2c(c1)CC(=O)N2Cc1ccc(F)cc1. The lowest BCUT2D eigenvalue weighted by molar-refractivity contribution is -0.117. The summed E-state index contributed by atoms with van der Waals surface area (Å²) in [6, 6.07) is 17.1. The fourth-order valence-electron chi connectivity index (χ4n) is 3.36. The van der Waals surface area contributed by atoms with Gasteiger partial charge in [-0.3, -0.25) is 9.59 Å². The number of halogens is 2. The zero-order valence-electron chi connectivity index (χ0n) is 15.5. The third-order valence-electron chi connectivity index (χ3n) is 4.90. The van der Waals surface area contributed by atoms with Crippen LogP contribution in [0, 0.1) is 11.6 Å². The van der Waals surface area contributed by atoms with Crippen LogP contribution in [-0.2, 0) is 24.3 Å². The van der Waals surface area contributed by atoms with Crippen LogP contribution in [0.25, 0.3) is 0 Å². The number of benzene rings is 3. The number of hydrogen-bond donors (Lipinski definition) is 1. The smallest absolute Gasteiger partial charge is 0.251 e. The van der Waals surface area contributed by atoms with Gasteiger partial charge < -0.3 is 10.2 Å². The molecular formula is C23H18F2N2O2. The molecule has 1 heterocycles. The first-order valence-corrected chi connectivity index (χ1v) is 9.20. The Labute approximate surface area is 166 Å². The molecule has 0 radical (unpaired) electrons. The van der Waals surface area contributed by atoms with Gasteiger partial charge in [0.25, 0.3) is 5.91 Å². The minimum atomic E-state index is -0.325. The van der Waals surface area contributed by atoms with Gasteiger partial charge in [0.2, 0.25) is 5.91 Å². The van der Waals surface area contributed by atoms with Gasteiger partial charge in [0, 0.05) is 17.8 Å². The highest BCUT2D eigenvalue weighted by molar-refractivity contribution is 6.03. The number of carbonyl (C=O) groups excluding carboxylic acids is 2. The van der Waals surface area contributed by atoms with E-state index < -0.39 is 0 Å². The molecule has 0 unspecified atom stereocenters. The quantitative estimate of drug-likeness (QED) is 0.714. The number of nitrogens with zero attached hydrogens (tertiary/aromatic N) is 1. The Bertz CT molecular complexity index is 1060. The third kappa shape index (κ3) is 4.16. The lowest BCUT2D eigenvalue weighted by atomic mass is 10.1. The van der Waals surface area contributed by atoms with E-state index in [1.165, 1.54) is 24.3 Å². The second kappa shape index (κ2) is 7.83. The van der Waals surface area contributed by atoms with Crippen LogP contribution in [0.4, 0.5) is 14.5 Å². The Morgan fingerprint density at radius 2 is 1.52 bits per heavy atom. The lowest BCUT2D eigenvalue weighted by Gasteiger charge is -2.18. The molecule has 1 aliphatic heterocycles. The average molecular weight is 392 g/mol. The largest absolute Gasteiger partial charge is 0.348 e. The van der Waals surface area contributed by atoms with Gasteiger partial charge in [0.1, 0.15) is 11.6 Å². The molecule has 1 aliphatic rings. The van der Waals surface area contributed by atoms with E-state index in [9.17, 15) is 18.4 Å². The highest BCUT2D eigenvalue weighted by Gasteiger charge is 2.28. The summed E-state index contributed by atoms with van der Waals surface area (Å²) in [6.45, 7) is 0.633. The molecule has 0 spiro atoms. The number of carbonyl (C=O) groups is 2. The predicted octanol–water partition coefficient (Wildman–Crippen LogP) is 3.98. The van der Waals surface area contributed by atoms with E-state index in [-0.39, 0.29) is 36.4 Å². The fourth-order valence-corrected chi connectivity index (χ4v) is 3.36. The summed E-state index contributed by atoms with van der Waals surface area (Å²) in [4.78, 5) is 26.5. The Morgan fingerprint density at radius 3 is 2.17 bits per heavy atom. The van der Waals surface area contributed by atoms with Gasteiger partial charge in [0.05, 0.1) is 13.0 Å². The van der Waals surface area contributed by atoms with Gasteiger partial charge in [-0.05, 0) is 59.2 Å². The third-order valence-corrected chi connectivity index (χ3v) is 4.90. The molecule has 0 saturated carbocycles. The van der Waals surface area contributed by atoms with E-state index in [0.29, 0.717) is 12.1 Å². The molecule has 0 bridgehead atoms. The van der Waals surface area contributed by atoms with Crippen molar-refractivity contribution in [1.29, 1.82) is 0 Å². The molecule has 3 aromatic carbocycles. The van der Waals surface area contributed by atoms with E-state index in [2.05, 4.69) is 5.32 Å². The van der Waals surface area contributed by atoms with Crippen LogP contribution in [0.2, 0.25) is 0 Å². The zero-order chi connectivity index (χ0) is 20.4. The summed E-state index contributed by atoms with van der Waals surface area (Å²) >= 11 is 0. The molecule has 4 rings (SSSR count). The van der Waals surface area contributed by atoms with E-state index in [1.54, 1.807) is 47.4 Å². The first kappa shape index (κ1) is 18.8. The van der Waals surface area contributed by atoms with Crippen LogP contribution in [0.15, 0.2) is 66.7 Å². The van der Waals surface area contributed by atoms with Crippen LogP contribution >= 0.6 is 0 Å². The van der Waals surface area contributed by atoms with Crippen LogP contribution in [0.1, 0.15) is 27.0 Å². The fraction of sp³-hybridized carbons (Fsp3) is 0.130. The molecule has 3 aromatic rings. The van der Waals surface area contributed by atoms with E-state index in [4.69, 9.17) is 0 Å². The number of hydrogen-bond acceptors (Lipinski definition) is 2. The highest BCUT2D eigenvalue weighted by Crippen LogP contribution is 2.31. The van der Waals surface area contributed by atoms with Gasteiger partial charge in [-0.25, -0.2) is 8.78 Å². The summed E-state index contributed by atoms with van der Waals surface area (Å²) < 4.78 is 26.1. The van der Waals surface area contributed by atoms with Crippen molar-refractivity contribution in [2.75, 3.05) is 4.90 Å². The van der Waals surface area contributed by atoms with Crippen molar-refractivity contribution in [3.63, 3.8) is 0 Å². The molecule has 0 aromatic heterocycles. The number of fused-ring (bicyclic) bond motifs is 1. The highest BCUT2D eigenvalue weighted by atomic mass is 19.1. The zero-order valence-corrected chi connectivity index (χ0v) is 15.5. The molecular weight excluding hydrogens is 374 g/mol. The van der Waals surface area contributed by atoms with Crippen LogP contribution in [0.3, 0.4) is 0 Å². The van der Waals surface area contributed by atoms with Crippen LogP contribution in [-0.4, -0.2) is 11.8 Å². The van der Waals surface area contributed by atoms with Gasteiger partial charge in [0.15, 0.2) is 0 Å². The molecule has 146 valence electrons. The van der Waals surface area contributed by atoms with Gasteiger partial charge in [-0.2, -0.15) is 0 Å². The van der Waals surface area contributed by atoms with Crippen molar-refractivity contribution in [3.8, 4) is 0 Å². The number of rotatable bonds is 5. The lowest BCUT2D eigenvalue weighted by Crippen LogP contribution is -2.26. The summed E-state index contributed by atoms with van der Waals surface area (Å²) in [5.74, 6) is -0.971. The van der Waals surface area contributed by atoms with Gasteiger partial charge in [-0.1, -0.05) is 24.3 Å². The average Bonchev–Trinajstić information content (AvgIpc) is 3.03. The first-order valence-electron chi connectivity index (χ1n) is 9.20. The monoisotopic (exact) mass is 392 g/mol. The Balaban J connectivity index is 1.46. The Kier molecular flexibility index (Phi) is 5.08. The number of anilines is 1. The second-order valence-electron chi connectivity index (χ2n) is 6.94. The molecule has 1 N–H and O–H groups in total. The van der Waals surface area contributed by atoms with Crippen LogP contribution in [0.5, 0.6) is 0 Å². The molecule has 0 aliphatic carbocycles.